The summed E-state index contributed by atoms with van der Waals surface area (Å²) in [5.41, 5.74) is 3.83. The molecule has 5 aromatic rings. The summed E-state index contributed by atoms with van der Waals surface area (Å²) in [5, 5.41) is 13.6. The fraction of sp³-hybridized carbons (Fsp3) is 0.167. The minimum absolute atomic E-state index is 0.0137. The Bertz CT molecular complexity index is 1850. The molecule has 0 spiro atoms. The molecule has 0 aliphatic carbocycles. The number of carbonyl (C=O) groups excluding carboxylic acids is 3. The number of carbonyl (C=O) groups is 3. The lowest BCUT2D eigenvalue weighted by Crippen LogP contribution is -2.48. The van der Waals surface area contributed by atoms with Crippen molar-refractivity contribution in [2.24, 2.45) is 5.92 Å². The Balaban J connectivity index is 1.52. The van der Waals surface area contributed by atoms with Crippen LogP contribution in [-0.4, -0.2) is 33.2 Å². The van der Waals surface area contributed by atoms with Crippen LogP contribution in [0.15, 0.2) is 108 Å². The second-order valence-electron chi connectivity index (χ2n) is 11.1. The molecule has 1 atom stereocenters. The van der Waals surface area contributed by atoms with E-state index in [0.717, 1.165) is 21.7 Å². The number of rotatable bonds is 9. The summed E-state index contributed by atoms with van der Waals surface area (Å²) < 4.78 is 7.57. The standard InChI is InChI=1S/C36H30N4O4/c1-23(2)20-30(40-35(42)27-17-9-10-18-28(27)36(40)43)34(41)38-33-29(21-37)31(24-12-5-3-6-13-24)32(25-14-7-4-8-15-25)39(33)22-26-16-11-19-44-26/h3-19,23,30H,20,22H2,1-2H3,(H,38,41)/t30-/m0/s1. The molecular formula is C36H30N4O4. The van der Waals surface area contributed by atoms with E-state index in [1.54, 1.807) is 36.6 Å². The van der Waals surface area contributed by atoms with Gasteiger partial charge in [-0.1, -0.05) is 86.6 Å². The van der Waals surface area contributed by atoms with Crippen LogP contribution in [0.3, 0.4) is 0 Å². The number of hydrogen-bond acceptors (Lipinski definition) is 5. The Morgan fingerprint density at radius 3 is 1.98 bits per heavy atom. The molecule has 3 amide bonds. The van der Waals surface area contributed by atoms with E-state index < -0.39 is 23.8 Å². The van der Waals surface area contributed by atoms with Crippen LogP contribution in [0, 0.1) is 17.2 Å². The molecule has 1 aliphatic rings. The molecule has 1 N–H and O–H groups in total. The van der Waals surface area contributed by atoms with Crippen molar-refractivity contribution in [1.82, 2.24) is 9.47 Å². The predicted molar refractivity (Wildman–Crippen MR) is 167 cm³/mol. The molecule has 8 nitrogen and oxygen atoms in total. The van der Waals surface area contributed by atoms with Crippen molar-refractivity contribution in [2.75, 3.05) is 5.32 Å². The monoisotopic (exact) mass is 582 g/mol. The Kier molecular flexibility index (Phi) is 7.69. The SMILES string of the molecule is CC(C)C[C@@H](C(=O)Nc1c(C#N)c(-c2ccccc2)c(-c2ccccc2)n1Cc1ccco1)N1C(=O)c2ccccc2C1=O. The molecule has 0 fully saturated rings. The van der Waals surface area contributed by atoms with Crippen LogP contribution >= 0.6 is 0 Å². The molecule has 1 aliphatic heterocycles. The zero-order valence-corrected chi connectivity index (χ0v) is 24.4. The lowest BCUT2D eigenvalue weighted by atomic mass is 9.98. The van der Waals surface area contributed by atoms with Crippen LogP contribution in [0.2, 0.25) is 0 Å². The average Bonchev–Trinajstić information content (AvgIpc) is 3.73. The highest BCUT2D eigenvalue weighted by molar-refractivity contribution is 6.23. The highest BCUT2D eigenvalue weighted by Gasteiger charge is 2.43. The number of amides is 3. The molecule has 3 aromatic carbocycles. The number of aromatic nitrogens is 1. The first-order valence-electron chi connectivity index (χ1n) is 14.5. The molecule has 0 bridgehead atoms. The molecule has 2 aromatic heterocycles. The summed E-state index contributed by atoms with van der Waals surface area (Å²) in [6.45, 7) is 4.08. The Morgan fingerprint density at radius 1 is 0.841 bits per heavy atom. The van der Waals surface area contributed by atoms with E-state index in [1.807, 2.05) is 85.1 Å². The van der Waals surface area contributed by atoms with Gasteiger partial charge >= 0.3 is 0 Å². The molecule has 6 rings (SSSR count). The molecule has 0 saturated heterocycles. The third kappa shape index (κ3) is 5.09. The number of fused-ring (bicyclic) bond motifs is 1. The van der Waals surface area contributed by atoms with Gasteiger partial charge in [0.25, 0.3) is 11.8 Å². The second kappa shape index (κ2) is 11.9. The van der Waals surface area contributed by atoms with Crippen molar-refractivity contribution >= 4 is 23.5 Å². The third-order valence-electron chi connectivity index (χ3n) is 7.76. The van der Waals surface area contributed by atoms with Gasteiger partial charge in [-0.25, -0.2) is 0 Å². The van der Waals surface area contributed by atoms with E-state index in [9.17, 15) is 19.6 Å². The number of hydrogen-bond donors (Lipinski definition) is 1. The van der Waals surface area contributed by atoms with Gasteiger partial charge in [0.15, 0.2) is 0 Å². The summed E-state index contributed by atoms with van der Waals surface area (Å²) in [5.74, 6) is -0.698. The number of benzene rings is 3. The Hall–Kier alpha value is -5.68. The van der Waals surface area contributed by atoms with Crippen molar-refractivity contribution in [2.45, 2.75) is 32.9 Å². The highest BCUT2D eigenvalue weighted by atomic mass is 16.3. The van der Waals surface area contributed by atoms with Gasteiger partial charge < -0.3 is 14.3 Å². The van der Waals surface area contributed by atoms with Gasteiger partial charge in [-0.15, -0.1) is 0 Å². The van der Waals surface area contributed by atoms with E-state index in [0.29, 0.717) is 11.3 Å². The van der Waals surface area contributed by atoms with Crippen molar-refractivity contribution < 1.29 is 18.8 Å². The Morgan fingerprint density at radius 2 is 1.43 bits per heavy atom. The number of nitrogens with zero attached hydrogens (tertiary/aromatic N) is 3. The lowest BCUT2D eigenvalue weighted by Gasteiger charge is -2.27. The minimum atomic E-state index is -1.10. The highest BCUT2D eigenvalue weighted by Crippen LogP contribution is 2.42. The number of imide groups is 1. The topological polar surface area (TPSA) is 108 Å². The van der Waals surface area contributed by atoms with Gasteiger partial charge in [0.2, 0.25) is 5.91 Å². The van der Waals surface area contributed by atoms with Gasteiger partial charge in [0, 0.05) is 5.56 Å². The second-order valence-corrected chi connectivity index (χ2v) is 11.1. The maximum absolute atomic E-state index is 14.3. The van der Waals surface area contributed by atoms with Crippen molar-refractivity contribution in [1.29, 1.82) is 5.26 Å². The van der Waals surface area contributed by atoms with E-state index in [-0.39, 0.29) is 41.4 Å². The van der Waals surface area contributed by atoms with Crippen LogP contribution < -0.4 is 5.32 Å². The van der Waals surface area contributed by atoms with Crippen LogP contribution in [0.25, 0.3) is 22.4 Å². The van der Waals surface area contributed by atoms with Crippen LogP contribution in [0.5, 0.6) is 0 Å². The first-order valence-corrected chi connectivity index (χ1v) is 14.5. The van der Waals surface area contributed by atoms with E-state index in [2.05, 4.69) is 11.4 Å². The summed E-state index contributed by atoms with van der Waals surface area (Å²) >= 11 is 0. The van der Waals surface area contributed by atoms with E-state index >= 15 is 0 Å². The predicted octanol–water partition coefficient (Wildman–Crippen LogP) is 6.98. The summed E-state index contributed by atoms with van der Waals surface area (Å²) in [6.07, 6.45) is 1.82. The minimum Gasteiger partial charge on any atom is -0.467 e. The quantitative estimate of drug-likeness (QED) is 0.189. The lowest BCUT2D eigenvalue weighted by molar-refractivity contribution is -0.120. The molecule has 0 radical (unpaired) electrons. The van der Waals surface area contributed by atoms with Crippen molar-refractivity contribution in [3.8, 4) is 28.5 Å². The van der Waals surface area contributed by atoms with Crippen molar-refractivity contribution in [3.05, 3.63) is 126 Å². The largest absolute Gasteiger partial charge is 0.467 e. The zero-order chi connectivity index (χ0) is 30.8. The Labute approximate surface area is 255 Å². The van der Waals surface area contributed by atoms with E-state index in [4.69, 9.17) is 4.42 Å². The zero-order valence-electron chi connectivity index (χ0n) is 24.4. The van der Waals surface area contributed by atoms with Crippen LogP contribution in [0.1, 0.15) is 52.3 Å². The number of furan rings is 1. The maximum atomic E-state index is 14.3. The molecule has 3 heterocycles. The molecule has 218 valence electrons. The van der Waals surface area contributed by atoms with Crippen LogP contribution in [-0.2, 0) is 11.3 Å². The van der Waals surface area contributed by atoms with Gasteiger partial charge in [-0.05, 0) is 47.7 Å². The summed E-state index contributed by atoms with van der Waals surface area (Å²) in [7, 11) is 0. The smallest absolute Gasteiger partial charge is 0.262 e. The fourth-order valence-corrected chi connectivity index (χ4v) is 5.82. The first kappa shape index (κ1) is 28.4. The third-order valence-corrected chi connectivity index (χ3v) is 7.76. The molecule has 8 heteroatoms. The summed E-state index contributed by atoms with van der Waals surface area (Å²) in [4.78, 5) is 42.3. The van der Waals surface area contributed by atoms with E-state index in [1.165, 1.54) is 0 Å². The van der Waals surface area contributed by atoms with Crippen LogP contribution in [0.4, 0.5) is 5.82 Å². The van der Waals surface area contributed by atoms with Crippen molar-refractivity contribution in [3.63, 3.8) is 0 Å². The van der Waals surface area contributed by atoms with Gasteiger partial charge in [-0.3, -0.25) is 19.3 Å². The number of anilines is 1. The number of nitrogens with one attached hydrogen (secondary N) is 1. The normalized spacial score (nSPS) is 13.2. The average molecular weight is 583 g/mol. The molecular weight excluding hydrogens is 552 g/mol. The molecule has 0 unspecified atom stereocenters. The number of nitriles is 1. The first-order chi connectivity index (χ1) is 21.4. The van der Waals surface area contributed by atoms with Gasteiger partial charge in [0.1, 0.15) is 29.3 Å². The molecule has 0 saturated carbocycles. The summed E-state index contributed by atoms with van der Waals surface area (Å²) in [6, 6.07) is 30.6. The van der Waals surface area contributed by atoms with Gasteiger partial charge in [0.05, 0.1) is 29.6 Å². The molecule has 44 heavy (non-hydrogen) atoms. The maximum Gasteiger partial charge on any atom is 0.262 e. The fourth-order valence-electron chi connectivity index (χ4n) is 5.82. The van der Waals surface area contributed by atoms with Gasteiger partial charge in [-0.2, -0.15) is 5.26 Å².